The Morgan fingerprint density at radius 2 is 1.60 bits per heavy atom. The Hall–Kier alpha value is -3.73. The number of amides is 2. The molecule has 1 aliphatic heterocycles. The first-order chi connectivity index (χ1) is 27.2. The second-order valence-electron chi connectivity index (χ2n) is 16.4. The van der Waals surface area contributed by atoms with Crippen LogP contribution < -0.4 is 15.8 Å². The Balaban J connectivity index is 1.53. The van der Waals surface area contributed by atoms with Gasteiger partial charge < -0.3 is 30.2 Å². The molecule has 2 amide bonds. The van der Waals surface area contributed by atoms with Gasteiger partial charge in [-0.2, -0.15) is 0 Å². The van der Waals surface area contributed by atoms with Crippen LogP contribution in [0.5, 0.6) is 5.75 Å². The molecule has 2 aromatic rings. The van der Waals surface area contributed by atoms with E-state index in [1.54, 1.807) is 36.1 Å². The summed E-state index contributed by atoms with van der Waals surface area (Å²) in [7, 11) is -3.72. The van der Waals surface area contributed by atoms with E-state index >= 15 is 0 Å². The van der Waals surface area contributed by atoms with Crippen molar-refractivity contribution in [2.24, 2.45) is 23.5 Å². The van der Waals surface area contributed by atoms with Gasteiger partial charge in [-0.1, -0.05) is 109 Å². The van der Waals surface area contributed by atoms with E-state index in [2.05, 4.69) is 17.4 Å². The number of esters is 2. The van der Waals surface area contributed by atoms with Crippen molar-refractivity contribution in [1.82, 2.24) is 10.2 Å². The van der Waals surface area contributed by atoms with E-state index in [1.165, 1.54) is 12.0 Å². The summed E-state index contributed by atoms with van der Waals surface area (Å²) in [6.07, 6.45) is 6.28. The molecule has 3 N–H and O–H groups in total. The van der Waals surface area contributed by atoms with E-state index in [0.29, 0.717) is 37.6 Å². The van der Waals surface area contributed by atoms with Gasteiger partial charge in [-0.15, -0.1) is 0 Å². The van der Waals surface area contributed by atoms with E-state index in [1.807, 2.05) is 45.9 Å². The van der Waals surface area contributed by atoms with E-state index in [0.717, 1.165) is 44.1 Å². The molecule has 1 aliphatic carbocycles. The number of carbonyl (C=O) groups excluding carboxylic acids is 4. The van der Waals surface area contributed by atoms with Gasteiger partial charge in [-0.05, 0) is 60.8 Å². The molecule has 0 radical (unpaired) electrons. The van der Waals surface area contributed by atoms with Crippen LogP contribution in [0.15, 0.2) is 54.6 Å². The number of hydrogen-bond donors (Lipinski definition) is 2. The van der Waals surface area contributed by atoms with Gasteiger partial charge in [0.1, 0.15) is 30.7 Å². The molecule has 2 aromatic carbocycles. The normalized spacial score (nSPS) is 19.5. The maximum Gasteiger partial charge on any atom is 0.329 e. The maximum absolute atomic E-state index is 14.8. The van der Waals surface area contributed by atoms with Gasteiger partial charge in [0, 0.05) is 37.6 Å². The van der Waals surface area contributed by atoms with Gasteiger partial charge in [0.25, 0.3) is 0 Å². The highest BCUT2D eigenvalue weighted by Crippen LogP contribution is 2.51. The van der Waals surface area contributed by atoms with Gasteiger partial charge in [-0.25, -0.2) is 4.79 Å². The number of carbonyl (C=O) groups is 4. The van der Waals surface area contributed by atoms with Crippen molar-refractivity contribution in [3.63, 3.8) is 0 Å². The number of hydrogen-bond acceptors (Lipinski definition) is 10. The number of unbranched alkanes of at least 4 members (excludes halogenated alkanes) is 1. The lowest BCUT2D eigenvalue weighted by Gasteiger charge is -2.30. The second kappa shape index (κ2) is 23.0. The molecule has 57 heavy (non-hydrogen) atoms. The molecular formula is C44H66N3O9P. The van der Waals surface area contributed by atoms with Crippen LogP contribution in [0.25, 0.3) is 0 Å². The molecule has 2 aliphatic rings. The van der Waals surface area contributed by atoms with Crippen molar-refractivity contribution in [3.8, 4) is 5.75 Å². The summed E-state index contributed by atoms with van der Waals surface area (Å²) >= 11 is 0. The second-order valence-corrected chi connectivity index (χ2v) is 19.0. The van der Waals surface area contributed by atoms with Gasteiger partial charge in [0.15, 0.2) is 0 Å². The lowest BCUT2D eigenvalue weighted by Crippen LogP contribution is -2.46. The van der Waals surface area contributed by atoms with E-state index in [-0.39, 0.29) is 43.5 Å². The SMILES string of the molecule is CCC(=O)OC(OP(=O)(CCCCc1ccccc1)CC(=O)N1C[C@H](C2CCCCC2)C[C@H]1C(=O)OC(CNC(C)C)COc1ccc(CC(N)=O)cc1)C(C)C. The van der Waals surface area contributed by atoms with Crippen LogP contribution in [-0.2, 0) is 50.6 Å². The first kappa shape index (κ1) is 46.0. The third kappa shape index (κ3) is 15.5. The number of likely N-dealkylation sites (tertiary alicyclic amines) is 1. The first-order valence-electron chi connectivity index (χ1n) is 21.0. The number of nitrogens with one attached hydrogen (secondary N) is 1. The smallest absolute Gasteiger partial charge is 0.329 e. The molecule has 2 fully saturated rings. The number of primary amides is 1. The molecule has 12 nitrogen and oxygen atoms in total. The van der Waals surface area contributed by atoms with Crippen LogP contribution in [0.2, 0.25) is 0 Å². The molecule has 1 saturated carbocycles. The van der Waals surface area contributed by atoms with Crippen molar-refractivity contribution in [2.45, 2.75) is 130 Å². The molecule has 5 atom stereocenters. The molecule has 13 heteroatoms. The van der Waals surface area contributed by atoms with Crippen LogP contribution >= 0.6 is 7.37 Å². The number of nitrogens with two attached hydrogens (primary N) is 1. The molecule has 0 spiro atoms. The number of ether oxygens (including phenoxy) is 3. The fraction of sp³-hybridized carbons (Fsp3) is 0.636. The largest absolute Gasteiger partial charge is 0.490 e. The van der Waals surface area contributed by atoms with Crippen molar-refractivity contribution in [1.29, 1.82) is 0 Å². The zero-order chi connectivity index (χ0) is 41.4. The van der Waals surface area contributed by atoms with Gasteiger partial charge in [0.05, 0.1) is 6.42 Å². The average Bonchev–Trinajstić information content (AvgIpc) is 3.65. The molecule has 0 aromatic heterocycles. The summed E-state index contributed by atoms with van der Waals surface area (Å²) in [6, 6.07) is 16.3. The maximum atomic E-state index is 14.8. The molecular weight excluding hydrogens is 745 g/mol. The lowest BCUT2D eigenvalue weighted by atomic mass is 9.79. The summed E-state index contributed by atoms with van der Waals surface area (Å²) in [5, 5.41) is 3.34. The Bertz CT molecular complexity index is 1610. The summed E-state index contributed by atoms with van der Waals surface area (Å²) in [6.45, 7) is 10.1. The Kier molecular flexibility index (Phi) is 18.6. The Morgan fingerprint density at radius 3 is 2.23 bits per heavy atom. The molecule has 1 saturated heterocycles. The number of nitrogens with zero attached hydrogens (tertiary/aromatic N) is 1. The summed E-state index contributed by atoms with van der Waals surface area (Å²) in [5.74, 6) is -1.10. The first-order valence-corrected chi connectivity index (χ1v) is 23.0. The predicted octanol–water partition coefficient (Wildman–Crippen LogP) is 7.05. The number of benzene rings is 2. The molecule has 1 heterocycles. The van der Waals surface area contributed by atoms with E-state index in [9.17, 15) is 23.7 Å². The van der Waals surface area contributed by atoms with Gasteiger partial charge in [0.2, 0.25) is 25.5 Å². The quantitative estimate of drug-likeness (QED) is 0.0515. The monoisotopic (exact) mass is 811 g/mol. The van der Waals surface area contributed by atoms with Crippen LogP contribution in [0.3, 0.4) is 0 Å². The van der Waals surface area contributed by atoms with Crippen LogP contribution in [0, 0.1) is 17.8 Å². The summed E-state index contributed by atoms with van der Waals surface area (Å²) < 4.78 is 38.8. The van der Waals surface area contributed by atoms with Crippen molar-refractivity contribution >= 4 is 31.1 Å². The van der Waals surface area contributed by atoms with Crippen molar-refractivity contribution in [2.75, 3.05) is 32.0 Å². The van der Waals surface area contributed by atoms with Crippen molar-refractivity contribution < 1.29 is 42.5 Å². The molecule has 3 unspecified atom stereocenters. The fourth-order valence-corrected chi connectivity index (χ4v) is 9.93. The third-order valence-electron chi connectivity index (χ3n) is 10.8. The zero-order valence-electron chi connectivity index (χ0n) is 34.7. The fourth-order valence-electron chi connectivity index (χ4n) is 7.63. The minimum Gasteiger partial charge on any atom is -0.490 e. The standard InChI is InChI=1S/C44H66N3O9P/c1-6-42(50)55-44(31(2)3)56-57(52,24-14-13-17-33-15-9-7-10-16-33)30-41(49)47-28-36(35-18-11-8-12-19-35)26-39(47)43(51)54-38(27-46-32(4)5)29-53-37-22-20-34(21-23-37)25-40(45)48/h7,9-10,15-16,20-23,31-32,35-36,38-39,44,46H,6,8,11-14,17-19,24-30H2,1-5H3,(H2,45,48)/t36-,38?,39+,44?,57?/m1/s1. The number of aryl methyl sites for hydroxylation is 1. The summed E-state index contributed by atoms with van der Waals surface area (Å²) in [5.41, 5.74) is 7.26. The van der Waals surface area contributed by atoms with Crippen LogP contribution in [0.1, 0.15) is 104 Å². The van der Waals surface area contributed by atoms with Crippen molar-refractivity contribution in [3.05, 3.63) is 65.7 Å². The highest BCUT2D eigenvalue weighted by atomic mass is 31.2. The highest BCUT2D eigenvalue weighted by molar-refractivity contribution is 7.59. The molecule has 4 rings (SSSR count). The average molecular weight is 812 g/mol. The summed E-state index contributed by atoms with van der Waals surface area (Å²) in [4.78, 5) is 54.0. The van der Waals surface area contributed by atoms with Gasteiger partial charge >= 0.3 is 11.9 Å². The molecule has 316 valence electrons. The lowest BCUT2D eigenvalue weighted by molar-refractivity contribution is -0.169. The topological polar surface area (TPSA) is 164 Å². The molecule has 0 bridgehead atoms. The predicted molar refractivity (Wildman–Crippen MR) is 221 cm³/mol. The minimum atomic E-state index is -3.72. The Labute approximate surface area is 339 Å². The minimum absolute atomic E-state index is 0.0619. The van der Waals surface area contributed by atoms with Gasteiger partial charge in [-0.3, -0.25) is 23.5 Å². The third-order valence-corrected chi connectivity index (χ3v) is 13.2. The van der Waals surface area contributed by atoms with E-state index in [4.69, 9.17) is 24.5 Å². The van der Waals surface area contributed by atoms with Crippen LogP contribution in [0.4, 0.5) is 0 Å². The highest BCUT2D eigenvalue weighted by Gasteiger charge is 2.46. The van der Waals surface area contributed by atoms with Crippen LogP contribution in [-0.4, -0.2) is 85.2 Å². The zero-order valence-corrected chi connectivity index (χ0v) is 35.6. The Morgan fingerprint density at radius 1 is 0.895 bits per heavy atom. The number of rotatable bonds is 23. The van der Waals surface area contributed by atoms with E-state index < -0.39 is 55.7 Å².